The summed E-state index contributed by atoms with van der Waals surface area (Å²) in [7, 11) is 3.07. The lowest BCUT2D eigenvalue weighted by Crippen LogP contribution is -2.46. The summed E-state index contributed by atoms with van der Waals surface area (Å²) in [5.74, 6) is 1.27. The van der Waals surface area contributed by atoms with Gasteiger partial charge in [0.05, 0.1) is 26.8 Å². The monoisotopic (exact) mass is 560 g/mol. The Bertz CT molecular complexity index is 1420. The van der Waals surface area contributed by atoms with Gasteiger partial charge in [0.25, 0.3) is 11.8 Å². The Morgan fingerprint density at radius 2 is 1.76 bits per heavy atom. The number of amides is 3. The predicted molar refractivity (Wildman–Crippen MR) is 148 cm³/mol. The second-order valence-corrected chi connectivity index (χ2v) is 9.80. The average molecular weight is 561 g/mol. The van der Waals surface area contributed by atoms with Crippen LogP contribution in [0.3, 0.4) is 0 Å². The van der Waals surface area contributed by atoms with E-state index in [1.54, 1.807) is 60.8 Å². The lowest BCUT2D eigenvalue weighted by atomic mass is 10.1. The van der Waals surface area contributed by atoms with E-state index >= 15 is 0 Å². The Balaban J connectivity index is 1.42. The number of pyridine rings is 1. The summed E-state index contributed by atoms with van der Waals surface area (Å²) in [6.45, 7) is 0.524. The van der Waals surface area contributed by atoms with E-state index in [4.69, 9.17) is 18.9 Å². The number of hydrogen-bond donors (Lipinski definition) is 2. The van der Waals surface area contributed by atoms with E-state index in [-0.39, 0.29) is 50.4 Å². The van der Waals surface area contributed by atoms with Crippen LogP contribution in [0.2, 0.25) is 0 Å². The number of rotatable bonds is 3. The largest absolute Gasteiger partial charge is 0.496 e. The standard InChI is InChI=1S/C30H32N4O7/c1-38-25-14-22-6-5-21(25)15-32-28(35)8-4-19-3-7-24(26(13-19)39-2)40-18-29(36)33-23-16-34(17-27(23)41-22)30(37)20-9-11-31-12-10-20/h3,5-7,9-14,23,27H,4,8,15-18H2,1-2H3,(H,32,35)(H,33,36)/t23-,27-/m1/s1. The minimum Gasteiger partial charge on any atom is -0.496 e. The molecule has 3 aromatic rings. The van der Waals surface area contributed by atoms with Crippen molar-refractivity contribution >= 4 is 17.7 Å². The Labute approximate surface area is 237 Å². The third kappa shape index (κ3) is 6.68. The molecule has 11 heteroatoms. The first-order chi connectivity index (χ1) is 19.9. The molecule has 1 aromatic heterocycles. The van der Waals surface area contributed by atoms with Crippen molar-refractivity contribution in [2.45, 2.75) is 31.5 Å². The molecule has 0 radical (unpaired) electrons. The quantitative estimate of drug-likeness (QED) is 0.499. The van der Waals surface area contributed by atoms with Gasteiger partial charge < -0.3 is 34.5 Å². The summed E-state index contributed by atoms with van der Waals surface area (Å²) < 4.78 is 23.1. The van der Waals surface area contributed by atoms with Gasteiger partial charge in [-0.25, -0.2) is 0 Å². The molecule has 5 aliphatic rings. The van der Waals surface area contributed by atoms with Crippen LogP contribution in [0.25, 0.3) is 0 Å². The second kappa shape index (κ2) is 12.6. The number of aromatic nitrogens is 1. The molecule has 1 saturated heterocycles. The summed E-state index contributed by atoms with van der Waals surface area (Å²) in [6.07, 6.45) is 3.37. The fraction of sp³-hybridized carbons (Fsp3) is 0.333. The third-order valence-corrected chi connectivity index (χ3v) is 7.08. The second-order valence-electron chi connectivity index (χ2n) is 9.80. The normalized spacial score (nSPS) is 19.3. The van der Waals surface area contributed by atoms with Crippen molar-refractivity contribution < 1.29 is 33.3 Å². The molecule has 41 heavy (non-hydrogen) atoms. The first-order valence-corrected chi connectivity index (χ1v) is 13.3. The summed E-state index contributed by atoms with van der Waals surface area (Å²) in [4.78, 5) is 44.4. The molecule has 3 amide bonds. The molecule has 2 N–H and O–H groups in total. The van der Waals surface area contributed by atoms with E-state index in [0.29, 0.717) is 35.0 Å². The van der Waals surface area contributed by atoms with Crippen molar-refractivity contribution in [2.24, 2.45) is 0 Å². The van der Waals surface area contributed by atoms with E-state index in [1.807, 2.05) is 12.1 Å². The molecule has 0 aliphatic carbocycles. The van der Waals surface area contributed by atoms with Crippen LogP contribution in [-0.4, -0.2) is 73.7 Å². The van der Waals surface area contributed by atoms with Crippen molar-refractivity contribution in [2.75, 3.05) is 33.9 Å². The maximum absolute atomic E-state index is 13.2. The summed E-state index contributed by atoms with van der Waals surface area (Å²) in [5, 5.41) is 5.92. The molecular weight excluding hydrogens is 528 g/mol. The Morgan fingerprint density at radius 1 is 0.951 bits per heavy atom. The molecule has 8 rings (SSSR count). The van der Waals surface area contributed by atoms with Gasteiger partial charge in [0.2, 0.25) is 5.91 Å². The Hall–Kier alpha value is -4.80. The van der Waals surface area contributed by atoms with Crippen LogP contribution in [0, 0.1) is 0 Å². The molecule has 214 valence electrons. The Morgan fingerprint density at radius 3 is 2.54 bits per heavy atom. The molecule has 0 saturated carbocycles. The van der Waals surface area contributed by atoms with Crippen molar-refractivity contribution in [3.63, 3.8) is 0 Å². The first kappa shape index (κ1) is 27.8. The minimum atomic E-state index is -0.542. The van der Waals surface area contributed by atoms with Crippen LogP contribution in [0.15, 0.2) is 60.9 Å². The van der Waals surface area contributed by atoms with Gasteiger partial charge >= 0.3 is 0 Å². The van der Waals surface area contributed by atoms with Gasteiger partial charge in [0.1, 0.15) is 17.6 Å². The van der Waals surface area contributed by atoms with Crippen molar-refractivity contribution in [3.8, 4) is 23.0 Å². The zero-order valence-corrected chi connectivity index (χ0v) is 22.9. The van der Waals surface area contributed by atoms with E-state index < -0.39 is 12.1 Å². The number of ether oxygens (including phenoxy) is 4. The highest BCUT2D eigenvalue weighted by molar-refractivity contribution is 5.94. The SMILES string of the molecule is COc1cc2ccc1CNC(=O)CCc1ccc(c(OC)c1)OCC(=O)N[C@@H]1CN(C(=O)c3ccncc3)C[C@H]1O2. The highest BCUT2D eigenvalue weighted by Crippen LogP contribution is 2.30. The topological polar surface area (TPSA) is 128 Å². The number of likely N-dealkylation sites (tertiary alicyclic amines) is 1. The average Bonchev–Trinajstić information content (AvgIpc) is 3.39. The fourth-order valence-corrected chi connectivity index (χ4v) is 4.91. The number of aryl methyl sites for hydroxylation is 1. The molecule has 11 nitrogen and oxygen atoms in total. The van der Waals surface area contributed by atoms with Gasteiger partial charge in [-0.2, -0.15) is 0 Å². The number of carbonyl (C=O) groups is 3. The van der Waals surface area contributed by atoms with Gasteiger partial charge in [-0.15, -0.1) is 0 Å². The van der Waals surface area contributed by atoms with Gasteiger partial charge in [-0.3, -0.25) is 19.4 Å². The van der Waals surface area contributed by atoms with Crippen LogP contribution in [0.1, 0.15) is 27.9 Å². The van der Waals surface area contributed by atoms with Gasteiger partial charge in [-0.05, 0) is 48.4 Å². The summed E-state index contributed by atoms with van der Waals surface area (Å²) in [5.41, 5.74) is 2.18. The summed E-state index contributed by atoms with van der Waals surface area (Å²) >= 11 is 0. The van der Waals surface area contributed by atoms with Crippen LogP contribution in [0.4, 0.5) is 0 Å². The molecule has 6 heterocycles. The van der Waals surface area contributed by atoms with Crippen molar-refractivity contribution in [3.05, 3.63) is 77.6 Å². The number of nitrogens with one attached hydrogen (secondary N) is 2. The lowest BCUT2D eigenvalue weighted by molar-refractivity contribution is -0.124. The van der Waals surface area contributed by atoms with Gasteiger partial charge in [0, 0.05) is 49.1 Å². The van der Waals surface area contributed by atoms with Gasteiger partial charge in [0.15, 0.2) is 18.1 Å². The van der Waals surface area contributed by atoms with Crippen LogP contribution >= 0.6 is 0 Å². The van der Waals surface area contributed by atoms with E-state index in [2.05, 4.69) is 15.6 Å². The third-order valence-electron chi connectivity index (χ3n) is 7.08. The van der Waals surface area contributed by atoms with E-state index in [0.717, 1.165) is 11.1 Å². The maximum atomic E-state index is 13.2. The molecule has 0 unspecified atom stereocenters. The first-order valence-electron chi connectivity index (χ1n) is 13.3. The molecule has 2 atom stereocenters. The van der Waals surface area contributed by atoms with Crippen LogP contribution in [-0.2, 0) is 22.6 Å². The van der Waals surface area contributed by atoms with Crippen LogP contribution < -0.4 is 29.6 Å². The minimum absolute atomic E-state index is 0.106. The molecule has 5 aliphatic heterocycles. The maximum Gasteiger partial charge on any atom is 0.258 e. The van der Waals surface area contributed by atoms with Crippen molar-refractivity contribution in [1.29, 1.82) is 0 Å². The predicted octanol–water partition coefficient (Wildman–Crippen LogP) is 2.13. The fourth-order valence-electron chi connectivity index (χ4n) is 4.91. The smallest absolute Gasteiger partial charge is 0.258 e. The zero-order valence-electron chi connectivity index (χ0n) is 22.9. The van der Waals surface area contributed by atoms with Crippen LogP contribution in [0.5, 0.6) is 23.0 Å². The van der Waals surface area contributed by atoms with E-state index in [1.165, 1.54) is 7.11 Å². The number of nitrogens with zero attached hydrogens (tertiary/aromatic N) is 2. The van der Waals surface area contributed by atoms with Crippen molar-refractivity contribution in [1.82, 2.24) is 20.5 Å². The Kier molecular flexibility index (Phi) is 8.52. The number of benzene rings is 2. The number of carbonyl (C=O) groups excluding carboxylic acids is 3. The molecule has 4 bridgehead atoms. The molecule has 1 fully saturated rings. The molecular formula is C30H32N4O7. The molecule has 2 aromatic carbocycles. The molecule has 0 spiro atoms. The number of methoxy groups -OCH3 is 2. The van der Waals surface area contributed by atoms with E-state index in [9.17, 15) is 14.4 Å². The number of hydrogen-bond acceptors (Lipinski definition) is 8. The van der Waals surface area contributed by atoms with Gasteiger partial charge in [-0.1, -0.05) is 6.07 Å². The zero-order chi connectivity index (χ0) is 28.8. The summed E-state index contributed by atoms with van der Waals surface area (Å²) in [6, 6.07) is 13.5. The lowest BCUT2D eigenvalue weighted by Gasteiger charge is -2.22. The highest BCUT2D eigenvalue weighted by Gasteiger charge is 2.38. The highest BCUT2D eigenvalue weighted by atomic mass is 16.5.